The number of rotatable bonds is 6. The number of nitrogens with zero attached hydrogens (tertiary/aromatic N) is 3. The van der Waals surface area contributed by atoms with E-state index < -0.39 is 6.10 Å². The van der Waals surface area contributed by atoms with Gasteiger partial charge in [-0.05, 0) is 29.8 Å². The lowest BCUT2D eigenvalue weighted by atomic mass is 10.2. The maximum absolute atomic E-state index is 12.3. The van der Waals surface area contributed by atoms with E-state index in [4.69, 9.17) is 16.3 Å². The average molecular weight is 346 g/mol. The van der Waals surface area contributed by atoms with Gasteiger partial charge in [-0.3, -0.25) is 9.36 Å². The molecule has 0 fully saturated rings. The molecular weight excluding hydrogens is 330 g/mol. The molecule has 124 valence electrons. The molecule has 1 aromatic carbocycles. The molecule has 2 heterocycles. The van der Waals surface area contributed by atoms with Crippen molar-refractivity contribution in [2.24, 2.45) is 0 Å². The summed E-state index contributed by atoms with van der Waals surface area (Å²) in [5.41, 5.74) is 1.12. The maximum atomic E-state index is 12.3. The molecule has 6 nitrogen and oxygen atoms in total. The highest BCUT2D eigenvalue weighted by atomic mass is 35.5. The van der Waals surface area contributed by atoms with Gasteiger partial charge in [0, 0.05) is 11.2 Å². The van der Waals surface area contributed by atoms with Crippen LogP contribution in [0.2, 0.25) is 5.02 Å². The van der Waals surface area contributed by atoms with Crippen LogP contribution in [0.15, 0.2) is 53.7 Å². The molecule has 24 heavy (non-hydrogen) atoms. The Balaban J connectivity index is 1.58. The Bertz CT molecular complexity index is 880. The van der Waals surface area contributed by atoms with E-state index in [0.29, 0.717) is 22.7 Å². The molecule has 7 heteroatoms. The fourth-order valence-electron chi connectivity index (χ4n) is 2.30. The van der Waals surface area contributed by atoms with Crippen molar-refractivity contribution in [1.29, 1.82) is 0 Å². The number of halogens is 1. The molecule has 0 bridgehead atoms. The van der Waals surface area contributed by atoms with Crippen molar-refractivity contribution < 1.29 is 9.84 Å². The smallest absolute Gasteiger partial charge is 0.262 e. The van der Waals surface area contributed by atoms with Crippen molar-refractivity contribution in [1.82, 2.24) is 14.5 Å². The fraction of sp³-hybridized carbons (Fsp3) is 0.235. The van der Waals surface area contributed by atoms with Gasteiger partial charge in [0.1, 0.15) is 6.33 Å². The molecule has 0 amide bonds. The molecule has 0 saturated heterocycles. The van der Waals surface area contributed by atoms with Gasteiger partial charge < -0.3 is 9.84 Å². The minimum Gasteiger partial charge on any atom is -0.389 e. The number of hydrogen-bond acceptors (Lipinski definition) is 5. The number of pyridine rings is 1. The molecule has 0 aliphatic heterocycles. The van der Waals surface area contributed by atoms with Crippen molar-refractivity contribution in [2.45, 2.75) is 19.3 Å². The Morgan fingerprint density at radius 2 is 2.00 bits per heavy atom. The van der Waals surface area contributed by atoms with Gasteiger partial charge in [0.15, 0.2) is 5.65 Å². The second-order valence-corrected chi connectivity index (χ2v) is 5.81. The van der Waals surface area contributed by atoms with Gasteiger partial charge in [0.05, 0.1) is 31.2 Å². The molecule has 0 spiro atoms. The Kier molecular flexibility index (Phi) is 5.20. The van der Waals surface area contributed by atoms with E-state index in [2.05, 4.69) is 9.97 Å². The minimum absolute atomic E-state index is 0.108. The summed E-state index contributed by atoms with van der Waals surface area (Å²) in [6, 6.07) is 10.6. The van der Waals surface area contributed by atoms with Crippen LogP contribution in [-0.2, 0) is 17.9 Å². The summed E-state index contributed by atoms with van der Waals surface area (Å²) < 4.78 is 6.84. The lowest BCUT2D eigenvalue weighted by molar-refractivity contribution is 0.0198. The first-order valence-electron chi connectivity index (χ1n) is 7.44. The van der Waals surface area contributed by atoms with Crippen molar-refractivity contribution in [3.63, 3.8) is 0 Å². The van der Waals surface area contributed by atoms with Crippen molar-refractivity contribution >= 4 is 22.6 Å². The van der Waals surface area contributed by atoms with E-state index in [9.17, 15) is 9.90 Å². The van der Waals surface area contributed by atoms with Crippen LogP contribution in [0.25, 0.3) is 11.0 Å². The monoisotopic (exact) mass is 345 g/mol. The molecule has 2 aromatic heterocycles. The molecule has 3 aromatic rings. The van der Waals surface area contributed by atoms with Gasteiger partial charge in [-0.25, -0.2) is 9.97 Å². The van der Waals surface area contributed by atoms with E-state index in [-0.39, 0.29) is 18.7 Å². The summed E-state index contributed by atoms with van der Waals surface area (Å²) in [6.07, 6.45) is 2.16. The maximum Gasteiger partial charge on any atom is 0.262 e. The number of benzene rings is 1. The Morgan fingerprint density at radius 1 is 1.21 bits per heavy atom. The van der Waals surface area contributed by atoms with Crippen LogP contribution in [0.1, 0.15) is 5.56 Å². The fourth-order valence-corrected chi connectivity index (χ4v) is 2.43. The van der Waals surface area contributed by atoms with Gasteiger partial charge in [0.25, 0.3) is 5.56 Å². The third-order valence-electron chi connectivity index (χ3n) is 3.50. The zero-order valence-corrected chi connectivity index (χ0v) is 13.6. The third-order valence-corrected chi connectivity index (χ3v) is 3.75. The van der Waals surface area contributed by atoms with Crippen LogP contribution in [0.4, 0.5) is 0 Å². The molecule has 3 rings (SSSR count). The van der Waals surface area contributed by atoms with Crippen LogP contribution in [-0.4, -0.2) is 32.4 Å². The van der Waals surface area contributed by atoms with Crippen molar-refractivity contribution in [3.05, 3.63) is 69.9 Å². The van der Waals surface area contributed by atoms with Gasteiger partial charge in [-0.1, -0.05) is 23.7 Å². The highest BCUT2D eigenvalue weighted by Gasteiger charge is 2.10. The normalized spacial score (nSPS) is 12.4. The van der Waals surface area contributed by atoms with Crippen molar-refractivity contribution in [2.75, 3.05) is 6.61 Å². The predicted molar refractivity (Wildman–Crippen MR) is 90.9 cm³/mol. The van der Waals surface area contributed by atoms with Crippen LogP contribution in [0.3, 0.4) is 0 Å². The molecule has 1 N–H and O–H groups in total. The molecule has 0 radical (unpaired) electrons. The van der Waals surface area contributed by atoms with Gasteiger partial charge in [-0.15, -0.1) is 0 Å². The van der Waals surface area contributed by atoms with E-state index in [1.54, 1.807) is 30.5 Å². The number of aromatic nitrogens is 3. The lowest BCUT2D eigenvalue weighted by Gasteiger charge is -2.13. The van der Waals surface area contributed by atoms with Crippen LogP contribution in [0.5, 0.6) is 0 Å². The van der Waals surface area contributed by atoms with Crippen LogP contribution >= 0.6 is 11.6 Å². The quantitative estimate of drug-likeness (QED) is 0.739. The van der Waals surface area contributed by atoms with E-state index >= 15 is 0 Å². The van der Waals surface area contributed by atoms with E-state index in [0.717, 1.165) is 5.56 Å². The standard InChI is InChI=1S/C17H16ClN3O3/c18-13-5-3-12(4-6-13)9-24-10-14(22)8-21-11-20-16-15(17(21)23)2-1-7-19-16/h1-7,11,14,22H,8-10H2/t14-/m1/s1. The predicted octanol–water partition coefficient (Wildman–Crippen LogP) is 2.02. The highest BCUT2D eigenvalue weighted by molar-refractivity contribution is 6.30. The summed E-state index contributed by atoms with van der Waals surface area (Å²) in [5.74, 6) is 0. The zero-order valence-electron chi connectivity index (χ0n) is 12.8. The second kappa shape index (κ2) is 7.53. The largest absolute Gasteiger partial charge is 0.389 e. The molecule has 0 saturated carbocycles. The summed E-state index contributed by atoms with van der Waals surface area (Å²) in [7, 11) is 0. The van der Waals surface area contributed by atoms with Crippen molar-refractivity contribution in [3.8, 4) is 0 Å². The first-order chi connectivity index (χ1) is 11.6. The summed E-state index contributed by atoms with van der Waals surface area (Å²) >= 11 is 5.82. The molecular formula is C17H16ClN3O3. The summed E-state index contributed by atoms with van der Waals surface area (Å²) in [5, 5.41) is 11.2. The summed E-state index contributed by atoms with van der Waals surface area (Å²) in [4.78, 5) is 20.5. The minimum atomic E-state index is -0.814. The van der Waals surface area contributed by atoms with E-state index in [1.165, 1.54) is 10.9 Å². The Morgan fingerprint density at radius 3 is 2.79 bits per heavy atom. The molecule has 0 aliphatic rings. The lowest BCUT2D eigenvalue weighted by Crippen LogP contribution is -2.29. The number of aliphatic hydroxyl groups is 1. The molecule has 0 unspecified atom stereocenters. The van der Waals surface area contributed by atoms with E-state index in [1.807, 2.05) is 12.1 Å². The number of hydrogen-bond donors (Lipinski definition) is 1. The summed E-state index contributed by atoms with van der Waals surface area (Å²) in [6.45, 7) is 0.584. The zero-order chi connectivity index (χ0) is 16.9. The number of ether oxygens (including phenoxy) is 1. The first-order valence-corrected chi connectivity index (χ1v) is 7.82. The SMILES string of the molecule is O=c1c2cccnc2ncn1C[C@@H](O)COCc1ccc(Cl)cc1. The topological polar surface area (TPSA) is 77.2 Å². The molecule has 0 aliphatic carbocycles. The second-order valence-electron chi connectivity index (χ2n) is 5.37. The van der Waals surface area contributed by atoms with Gasteiger partial charge >= 0.3 is 0 Å². The van der Waals surface area contributed by atoms with Gasteiger partial charge in [-0.2, -0.15) is 0 Å². The number of fused-ring (bicyclic) bond motifs is 1. The third kappa shape index (κ3) is 3.97. The average Bonchev–Trinajstić information content (AvgIpc) is 2.59. The van der Waals surface area contributed by atoms with Crippen LogP contribution < -0.4 is 5.56 Å². The first kappa shape index (κ1) is 16.6. The number of aliphatic hydroxyl groups excluding tert-OH is 1. The van der Waals surface area contributed by atoms with Crippen LogP contribution in [0, 0.1) is 0 Å². The highest BCUT2D eigenvalue weighted by Crippen LogP contribution is 2.10. The van der Waals surface area contributed by atoms with Gasteiger partial charge in [0.2, 0.25) is 0 Å². The Hall–Kier alpha value is -2.28. The Labute approximate surface area is 143 Å². The molecule has 1 atom stereocenters.